The smallest absolute Gasteiger partial charge is 0.362 e. The van der Waals surface area contributed by atoms with Crippen LogP contribution in [0.25, 0.3) is 0 Å². The molecule has 1 unspecified atom stereocenters. The van der Waals surface area contributed by atoms with Gasteiger partial charge in [0, 0.05) is 6.08 Å². The molecule has 0 aliphatic rings. The van der Waals surface area contributed by atoms with Crippen molar-refractivity contribution < 1.29 is 23.4 Å². The summed E-state index contributed by atoms with van der Waals surface area (Å²) in [6.45, 7) is 5.66. The van der Waals surface area contributed by atoms with Gasteiger partial charge in [-0.2, -0.15) is 4.52 Å². The molecule has 16 heavy (non-hydrogen) atoms. The molecule has 0 heterocycles. The van der Waals surface area contributed by atoms with E-state index in [2.05, 4.69) is 6.58 Å². The van der Waals surface area contributed by atoms with Crippen molar-refractivity contribution in [3.8, 4) is 0 Å². The second-order valence-electron chi connectivity index (χ2n) is 4.14. The molecular formula is C10H19NO4P+. The molecule has 0 aromatic heterocycles. The first-order chi connectivity index (χ1) is 7.30. The summed E-state index contributed by atoms with van der Waals surface area (Å²) in [6, 6.07) is 0. The Kier molecular flexibility index (Phi) is 6.45. The maximum atomic E-state index is 11.6. The van der Waals surface area contributed by atoms with Gasteiger partial charge in [0.15, 0.2) is 6.54 Å². The van der Waals surface area contributed by atoms with Crippen molar-refractivity contribution in [2.24, 2.45) is 0 Å². The number of hydrogen-bond donors (Lipinski definition) is 0. The number of ether oxygens (including phenoxy) is 1. The monoisotopic (exact) mass is 248 g/mol. The predicted octanol–water partition coefficient (Wildman–Crippen LogP) is 0.260. The molecule has 1 atom stereocenters. The number of nitrogens with zero attached hydrogens (tertiary/aromatic N) is 1. The molecule has 0 aromatic rings. The van der Waals surface area contributed by atoms with Gasteiger partial charge in [-0.3, -0.25) is 0 Å². The summed E-state index contributed by atoms with van der Waals surface area (Å²) in [5.74, 6) is -0.619. The Bertz CT molecular complexity index is 294. The maximum Gasteiger partial charge on any atom is 0.362 e. The van der Waals surface area contributed by atoms with Crippen molar-refractivity contribution in [2.75, 3.05) is 34.3 Å². The van der Waals surface area contributed by atoms with Crippen LogP contribution in [-0.4, -0.2) is 50.2 Å². The molecular weight excluding hydrogens is 229 g/mol. The molecule has 0 spiro atoms. The second kappa shape index (κ2) is 6.76. The summed E-state index contributed by atoms with van der Waals surface area (Å²) in [5, 5.41) is 0. The lowest BCUT2D eigenvalue weighted by atomic mass is 10.5. The van der Waals surface area contributed by atoms with Crippen LogP contribution in [0.2, 0.25) is 0 Å². The molecule has 0 saturated heterocycles. The lowest BCUT2D eigenvalue weighted by molar-refractivity contribution is -0.861. The van der Waals surface area contributed by atoms with E-state index < -0.39 is 14.0 Å². The van der Waals surface area contributed by atoms with Gasteiger partial charge in [0.1, 0.15) is 0 Å². The fourth-order valence-corrected chi connectivity index (χ4v) is 1.96. The van der Waals surface area contributed by atoms with E-state index in [0.29, 0.717) is 17.6 Å². The zero-order valence-corrected chi connectivity index (χ0v) is 11.1. The van der Waals surface area contributed by atoms with Gasteiger partial charge < -0.3 is 14.1 Å². The zero-order valence-electron chi connectivity index (χ0n) is 10.2. The van der Waals surface area contributed by atoms with Crippen LogP contribution in [0.3, 0.4) is 0 Å². The van der Waals surface area contributed by atoms with Gasteiger partial charge in [-0.05, 0) is 6.92 Å². The van der Waals surface area contributed by atoms with Gasteiger partial charge in [-0.25, -0.2) is 4.79 Å². The van der Waals surface area contributed by atoms with E-state index in [1.54, 1.807) is 6.92 Å². The Morgan fingerprint density at radius 3 is 2.44 bits per heavy atom. The highest BCUT2D eigenvalue weighted by molar-refractivity contribution is 7.46. The first kappa shape index (κ1) is 15.3. The zero-order chi connectivity index (χ0) is 12.8. The molecule has 5 nitrogen and oxygen atoms in total. The highest BCUT2D eigenvalue weighted by Crippen LogP contribution is 2.17. The number of quaternary nitrogens is 1. The number of hydrogen-bond acceptors (Lipinski definition) is 4. The summed E-state index contributed by atoms with van der Waals surface area (Å²) in [7, 11) is 3.61. The Morgan fingerprint density at radius 2 is 2.06 bits per heavy atom. The summed E-state index contributed by atoms with van der Waals surface area (Å²) in [6.07, 6.45) is 1.03. The largest absolute Gasteiger partial charge is 0.600 e. The van der Waals surface area contributed by atoms with Crippen molar-refractivity contribution in [2.45, 2.75) is 6.92 Å². The lowest BCUT2D eigenvalue weighted by Crippen LogP contribution is -2.41. The van der Waals surface area contributed by atoms with Crippen molar-refractivity contribution in [1.29, 1.82) is 0 Å². The number of carbonyl (C=O) groups is 1. The molecule has 0 N–H and O–H groups in total. The summed E-state index contributed by atoms with van der Waals surface area (Å²) in [4.78, 5) is 22.7. The Balaban J connectivity index is 4.83. The van der Waals surface area contributed by atoms with Crippen LogP contribution in [-0.2, 0) is 14.1 Å². The van der Waals surface area contributed by atoms with Crippen LogP contribution in [0, 0.1) is 0 Å². The minimum absolute atomic E-state index is 0.147. The Hall–Kier alpha value is -0.740. The predicted molar refractivity (Wildman–Crippen MR) is 62.7 cm³/mol. The number of esters is 1. The molecule has 0 saturated carbocycles. The summed E-state index contributed by atoms with van der Waals surface area (Å²) < 4.78 is 10.4. The van der Waals surface area contributed by atoms with Crippen molar-refractivity contribution >= 4 is 19.4 Å². The van der Waals surface area contributed by atoms with E-state index in [4.69, 9.17) is 9.26 Å². The summed E-state index contributed by atoms with van der Waals surface area (Å²) >= 11 is 0. The van der Waals surface area contributed by atoms with E-state index in [1.165, 1.54) is 0 Å². The molecule has 0 aliphatic heterocycles. The van der Waals surface area contributed by atoms with E-state index >= 15 is 0 Å². The number of likely N-dealkylation sites (N-methyl/N-ethyl adjacent to an activating group) is 1. The molecule has 0 amide bonds. The van der Waals surface area contributed by atoms with Crippen LogP contribution < -0.4 is 4.89 Å². The van der Waals surface area contributed by atoms with Gasteiger partial charge in [-0.1, -0.05) is 6.58 Å². The van der Waals surface area contributed by atoms with E-state index in [9.17, 15) is 9.69 Å². The number of carbonyl (C=O) groups excluding carboxylic acids is 1. The van der Waals surface area contributed by atoms with Crippen LogP contribution in [0.5, 0.6) is 0 Å². The average molecular weight is 248 g/mol. The third-order valence-corrected chi connectivity index (χ3v) is 2.58. The van der Waals surface area contributed by atoms with Gasteiger partial charge >= 0.3 is 11.4 Å². The van der Waals surface area contributed by atoms with E-state index in [0.717, 1.165) is 6.08 Å². The van der Waals surface area contributed by atoms with E-state index in [1.807, 2.05) is 21.1 Å². The van der Waals surface area contributed by atoms with Crippen LogP contribution in [0.15, 0.2) is 12.7 Å². The van der Waals surface area contributed by atoms with Gasteiger partial charge in [0.05, 0.1) is 27.7 Å². The molecule has 92 valence electrons. The first-order valence-electron chi connectivity index (χ1n) is 4.91. The standard InChI is InChI=1S/C10H19NO4P/c1-6-9(12)15-10(8-11(3,4)5)16(13)14-7-2/h6H,1,7-8H2,2-5H3/q+1. The van der Waals surface area contributed by atoms with Crippen molar-refractivity contribution in [1.82, 2.24) is 0 Å². The van der Waals surface area contributed by atoms with Gasteiger partial charge in [0.25, 0.3) is 8.00 Å². The Morgan fingerprint density at radius 1 is 1.50 bits per heavy atom. The first-order valence-corrected chi connectivity index (χ1v) is 6.08. The van der Waals surface area contributed by atoms with Crippen molar-refractivity contribution in [3.05, 3.63) is 12.7 Å². The fraction of sp³-hybridized carbons (Fsp3) is 0.600. The molecule has 0 fully saturated rings. The maximum absolute atomic E-state index is 11.6. The molecule has 6 heteroatoms. The Labute approximate surface area is 97.4 Å². The quantitative estimate of drug-likeness (QED) is 0.293. The third kappa shape index (κ3) is 6.69. The number of rotatable bonds is 6. The topological polar surface area (TPSA) is 58.6 Å². The second-order valence-corrected chi connectivity index (χ2v) is 5.41. The van der Waals surface area contributed by atoms with Crippen LogP contribution in [0.4, 0.5) is 0 Å². The molecule has 0 rings (SSSR count). The molecule has 0 bridgehead atoms. The minimum Gasteiger partial charge on any atom is -0.600 e. The summed E-state index contributed by atoms with van der Waals surface area (Å²) in [5.41, 5.74) is 0.147. The van der Waals surface area contributed by atoms with Gasteiger partial charge in [0.2, 0.25) is 0 Å². The minimum atomic E-state index is -2.09. The van der Waals surface area contributed by atoms with E-state index in [-0.39, 0.29) is 5.48 Å². The van der Waals surface area contributed by atoms with Crippen LogP contribution >= 0.6 is 8.00 Å². The van der Waals surface area contributed by atoms with Crippen molar-refractivity contribution in [3.63, 3.8) is 0 Å². The fourth-order valence-electron chi connectivity index (χ4n) is 0.880. The molecule has 0 radical (unpaired) electrons. The lowest BCUT2D eigenvalue weighted by Gasteiger charge is -2.22. The normalized spacial score (nSPS) is 13.1. The third-order valence-electron chi connectivity index (χ3n) is 1.44. The average Bonchev–Trinajstić information content (AvgIpc) is 2.14. The molecule has 0 aliphatic carbocycles. The highest BCUT2D eigenvalue weighted by atomic mass is 31.1. The SMILES string of the molecule is C=CC(=O)O/C(C[N+](C)(C)C)=[P+](\[O-])OCC. The highest BCUT2D eigenvalue weighted by Gasteiger charge is 2.24. The van der Waals surface area contributed by atoms with Gasteiger partial charge in [-0.15, -0.1) is 0 Å². The molecule has 0 aromatic carbocycles. The van der Waals surface area contributed by atoms with Crippen LogP contribution in [0.1, 0.15) is 6.92 Å².